The number of hydrogen-bond donors (Lipinski definition) is 0. The molecule has 1 aromatic carbocycles. The Morgan fingerprint density at radius 1 is 1.13 bits per heavy atom. The smallest absolute Gasteiger partial charge is 0.223 e. The Hall–Kier alpha value is -1.85. The molecule has 4 nitrogen and oxygen atoms in total. The Morgan fingerprint density at radius 3 is 2.13 bits per heavy atom. The highest BCUT2D eigenvalue weighted by Gasteiger charge is 2.35. The van der Waals surface area contributed by atoms with Crippen molar-refractivity contribution < 1.29 is 8.42 Å². The van der Waals surface area contributed by atoms with Crippen molar-refractivity contribution in [3.8, 4) is 0 Å². The first-order chi connectivity index (χ1) is 7.10. The van der Waals surface area contributed by atoms with Crippen LogP contribution >= 0.6 is 0 Å². The van der Waals surface area contributed by atoms with E-state index in [2.05, 4.69) is 9.69 Å². The lowest BCUT2D eigenvalue weighted by molar-refractivity contribution is 0.593. The number of nitrogens with zero attached hydrogens (tertiary/aromatic N) is 2. The average molecular weight is 220 g/mol. The fourth-order valence-electron chi connectivity index (χ4n) is 1.07. The van der Waals surface area contributed by atoms with Gasteiger partial charge in [-0.15, -0.1) is 0 Å². The lowest BCUT2D eigenvalue weighted by Crippen LogP contribution is -2.15. The molecule has 0 aromatic heterocycles. The molecule has 15 heavy (non-hydrogen) atoms. The summed E-state index contributed by atoms with van der Waals surface area (Å²) in [5, 5.41) is 0. The molecule has 0 N–H and O–H groups in total. The highest BCUT2D eigenvalue weighted by Crippen LogP contribution is 2.13. The number of hydrogen-bond acceptors (Lipinski definition) is 2. The van der Waals surface area contributed by atoms with Gasteiger partial charge in [0.2, 0.25) is 0 Å². The molecule has 0 amide bonds. The molecule has 0 spiro atoms. The number of sulfone groups is 1. The summed E-state index contributed by atoms with van der Waals surface area (Å²) in [6.45, 7) is 13.2. The Labute approximate surface area is 88.7 Å². The number of benzene rings is 1. The van der Waals surface area contributed by atoms with Crippen LogP contribution in [0.3, 0.4) is 0 Å². The summed E-state index contributed by atoms with van der Waals surface area (Å²) in [5.41, 5.74) is -1.02. The first-order valence-electron chi connectivity index (χ1n) is 4.09. The van der Waals surface area contributed by atoms with Gasteiger partial charge >= 0.3 is 15.3 Å². The summed E-state index contributed by atoms with van der Waals surface area (Å²) in [4.78, 5) is 5.56. The van der Waals surface area contributed by atoms with Crippen molar-refractivity contribution in [1.29, 1.82) is 0 Å². The predicted molar refractivity (Wildman–Crippen MR) is 56.1 cm³/mol. The Kier molecular flexibility index (Phi) is 3.43. The molecule has 0 bridgehead atoms. The predicted octanol–water partition coefficient (Wildman–Crippen LogP) is 1.72. The lowest BCUT2D eigenvalue weighted by Gasteiger charge is -1.98. The van der Waals surface area contributed by atoms with Crippen molar-refractivity contribution in [2.75, 3.05) is 0 Å². The van der Waals surface area contributed by atoms with Gasteiger partial charge in [0.25, 0.3) is 0 Å². The monoisotopic (exact) mass is 220 g/mol. The van der Waals surface area contributed by atoms with Crippen LogP contribution in [0, 0.1) is 13.1 Å². The van der Waals surface area contributed by atoms with Crippen molar-refractivity contribution >= 4 is 9.84 Å². The van der Waals surface area contributed by atoms with Gasteiger partial charge in [-0.1, -0.05) is 30.3 Å². The zero-order valence-corrected chi connectivity index (χ0v) is 8.61. The van der Waals surface area contributed by atoms with Crippen molar-refractivity contribution in [2.45, 2.75) is 11.3 Å². The molecule has 5 heteroatoms. The summed E-state index contributed by atoms with van der Waals surface area (Å²) in [7, 11) is -3.68. The molecule has 0 saturated carbocycles. The minimum Gasteiger partial charge on any atom is -0.223 e. The Balaban J connectivity index is 2.94. The third kappa shape index (κ3) is 2.80. The van der Waals surface area contributed by atoms with Gasteiger partial charge in [0.15, 0.2) is 0 Å². The molecule has 76 valence electrons. The molecule has 0 aliphatic rings. The average Bonchev–Trinajstić information content (AvgIpc) is 2.19. The van der Waals surface area contributed by atoms with E-state index >= 15 is 0 Å². The first kappa shape index (κ1) is 11.2. The summed E-state index contributed by atoms with van der Waals surface area (Å²) in [5.74, 6) is -0.261. The van der Waals surface area contributed by atoms with E-state index in [1.807, 2.05) is 0 Å². The molecule has 0 aliphatic heterocycles. The second-order valence-corrected chi connectivity index (χ2v) is 4.91. The van der Waals surface area contributed by atoms with E-state index in [1.54, 1.807) is 30.3 Å². The fourth-order valence-corrected chi connectivity index (χ4v) is 2.20. The van der Waals surface area contributed by atoms with Crippen molar-refractivity contribution in [3.63, 3.8) is 0 Å². The van der Waals surface area contributed by atoms with Crippen molar-refractivity contribution in [3.05, 3.63) is 58.7 Å². The normalized spacial score (nSPS) is 10.6. The molecule has 0 saturated heterocycles. The van der Waals surface area contributed by atoms with Crippen LogP contribution in [-0.2, 0) is 15.6 Å². The zero-order chi connectivity index (χ0) is 11.3. The standard InChI is InChI=1S/C10H8N2O2S/c1-11-10(12-2)15(13,14)8-9-6-4-3-5-7-9/h3-7,10H,8H2. The highest BCUT2D eigenvalue weighted by molar-refractivity contribution is 7.91. The molecule has 0 radical (unpaired) electrons. The van der Waals surface area contributed by atoms with E-state index < -0.39 is 15.3 Å². The van der Waals surface area contributed by atoms with Gasteiger partial charge in [-0.05, 0) is 5.56 Å². The van der Waals surface area contributed by atoms with Crippen LogP contribution in [-0.4, -0.2) is 13.9 Å². The van der Waals surface area contributed by atoms with Gasteiger partial charge in [-0.2, -0.15) is 0 Å². The molecule has 0 atom stereocenters. The van der Waals surface area contributed by atoms with Crippen LogP contribution in [0.2, 0.25) is 0 Å². The maximum Gasteiger partial charge on any atom is 0.578 e. The van der Waals surface area contributed by atoms with E-state index in [4.69, 9.17) is 13.1 Å². The van der Waals surface area contributed by atoms with Gasteiger partial charge in [0.1, 0.15) is 0 Å². The van der Waals surface area contributed by atoms with Gasteiger partial charge in [-0.25, -0.2) is 31.3 Å². The number of rotatable bonds is 3. The fraction of sp³-hybridized carbons (Fsp3) is 0.200. The SMILES string of the molecule is [C-]#[N+]C([N+]#[C-])S(=O)(=O)Cc1ccccc1. The van der Waals surface area contributed by atoms with Gasteiger partial charge in [0, 0.05) is 0 Å². The first-order valence-corrected chi connectivity index (χ1v) is 5.80. The zero-order valence-electron chi connectivity index (χ0n) is 7.79. The molecule has 0 unspecified atom stereocenters. The maximum absolute atomic E-state index is 11.5. The Morgan fingerprint density at radius 2 is 1.67 bits per heavy atom. The van der Waals surface area contributed by atoms with E-state index in [0.29, 0.717) is 5.56 Å². The maximum atomic E-state index is 11.5. The topological polar surface area (TPSA) is 42.9 Å². The third-order valence-corrected chi connectivity index (χ3v) is 3.34. The van der Waals surface area contributed by atoms with Crippen LogP contribution in [0.1, 0.15) is 5.56 Å². The minimum atomic E-state index is -3.68. The van der Waals surface area contributed by atoms with Crippen LogP contribution in [0.15, 0.2) is 30.3 Å². The molecule has 1 rings (SSSR count). The Bertz CT molecular complexity index is 495. The van der Waals surface area contributed by atoms with Crippen LogP contribution < -0.4 is 0 Å². The molecule has 0 aliphatic carbocycles. The molecule has 1 aromatic rings. The van der Waals surface area contributed by atoms with E-state index in [-0.39, 0.29) is 5.75 Å². The largest absolute Gasteiger partial charge is 0.578 e. The van der Waals surface area contributed by atoms with E-state index in [0.717, 1.165) is 0 Å². The lowest BCUT2D eigenvalue weighted by atomic mass is 10.2. The van der Waals surface area contributed by atoms with Gasteiger partial charge in [0.05, 0.1) is 5.75 Å². The van der Waals surface area contributed by atoms with Gasteiger partial charge < -0.3 is 0 Å². The van der Waals surface area contributed by atoms with Crippen molar-refractivity contribution in [2.24, 2.45) is 0 Å². The van der Waals surface area contributed by atoms with Crippen LogP contribution in [0.25, 0.3) is 9.69 Å². The van der Waals surface area contributed by atoms with Crippen LogP contribution in [0.4, 0.5) is 0 Å². The molecular formula is C10H8N2O2S. The minimum absolute atomic E-state index is 0.261. The quantitative estimate of drug-likeness (QED) is 0.728. The van der Waals surface area contributed by atoms with E-state index in [1.165, 1.54) is 0 Å². The highest BCUT2D eigenvalue weighted by atomic mass is 32.2. The molecular weight excluding hydrogens is 212 g/mol. The van der Waals surface area contributed by atoms with E-state index in [9.17, 15) is 8.42 Å². The summed E-state index contributed by atoms with van der Waals surface area (Å²) in [6, 6.07) is 8.52. The third-order valence-electron chi connectivity index (χ3n) is 1.75. The molecule has 0 fully saturated rings. The van der Waals surface area contributed by atoms with Gasteiger partial charge in [-0.3, -0.25) is 0 Å². The molecule has 0 heterocycles. The summed E-state index contributed by atoms with van der Waals surface area (Å²) >= 11 is 0. The second-order valence-electron chi connectivity index (χ2n) is 2.88. The van der Waals surface area contributed by atoms with Crippen molar-refractivity contribution in [1.82, 2.24) is 0 Å². The summed E-state index contributed by atoms with van der Waals surface area (Å²) < 4.78 is 23.1. The summed E-state index contributed by atoms with van der Waals surface area (Å²) in [6.07, 6.45) is 0. The second kappa shape index (κ2) is 4.59. The van der Waals surface area contributed by atoms with Crippen LogP contribution in [0.5, 0.6) is 0 Å².